The number of carboxylic acid groups (broad SMARTS) is 1. The predicted octanol–water partition coefficient (Wildman–Crippen LogP) is 3.46. The molecule has 1 heterocycles. The van der Waals surface area contributed by atoms with E-state index in [-0.39, 0.29) is 0 Å². The summed E-state index contributed by atoms with van der Waals surface area (Å²) < 4.78 is 0. The lowest BCUT2D eigenvalue weighted by Crippen LogP contribution is -2.44. The highest BCUT2D eigenvalue weighted by atomic mass is 32.1. The zero-order valence-corrected chi connectivity index (χ0v) is 12.6. The fourth-order valence-corrected chi connectivity index (χ4v) is 3.68. The van der Waals surface area contributed by atoms with Crippen molar-refractivity contribution in [3.63, 3.8) is 0 Å². The summed E-state index contributed by atoms with van der Waals surface area (Å²) in [6, 6.07) is 2.11. The van der Waals surface area contributed by atoms with Crippen LogP contribution in [0.1, 0.15) is 38.2 Å². The van der Waals surface area contributed by atoms with Crippen LogP contribution >= 0.6 is 11.3 Å². The zero-order chi connectivity index (χ0) is 13.9. The minimum atomic E-state index is -0.614. The third kappa shape index (κ3) is 3.57. The summed E-state index contributed by atoms with van der Waals surface area (Å²) in [5, 5.41) is 13.8. The van der Waals surface area contributed by atoms with Crippen LogP contribution in [0.25, 0.3) is 0 Å². The molecule has 0 bridgehead atoms. The summed E-state index contributed by atoms with van der Waals surface area (Å²) in [7, 11) is 2.03. The average Bonchev–Trinajstić information content (AvgIpc) is 2.84. The monoisotopic (exact) mass is 281 g/mol. The molecule has 1 saturated carbocycles. The second-order valence-electron chi connectivity index (χ2n) is 6.07. The molecule has 0 amide bonds. The minimum absolute atomic E-state index is 0.530. The molecule has 0 atom stereocenters. The minimum Gasteiger partial charge on any atom is -0.481 e. The van der Waals surface area contributed by atoms with Crippen LogP contribution in [-0.2, 0) is 11.3 Å². The summed E-state index contributed by atoms with van der Waals surface area (Å²) in [5.74, 6) is 0.0613. The van der Waals surface area contributed by atoms with Gasteiger partial charge >= 0.3 is 5.97 Å². The van der Waals surface area contributed by atoms with Gasteiger partial charge in [0.25, 0.3) is 0 Å². The summed E-state index contributed by atoms with van der Waals surface area (Å²) >= 11 is 1.69. The smallest absolute Gasteiger partial charge is 0.310 e. The lowest BCUT2D eigenvalue weighted by Gasteiger charge is -2.38. The Morgan fingerprint density at radius 3 is 2.74 bits per heavy atom. The second-order valence-corrected chi connectivity index (χ2v) is 6.85. The maximum absolute atomic E-state index is 11.7. The maximum Gasteiger partial charge on any atom is 0.310 e. The lowest BCUT2D eigenvalue weighted by molar-refractivity contribution is -0.153. The molecule has 0 radical (unpaired) electrons. The number of thiophene rings is 1. The van der Waals surface area contributed by atoms with Crippen molar-refractivity contribution in [2.45, 2.75) is 39.2 Å². The van der Waals surface area contributed by atoms with Gasteiger partial charge in [-0.3, -0.25) is 4.79 Å². The van der Waals surface area contributed by atoms with Crippen LogP contribution in [0.5, 0.6) is 0 Å². The highest BCUT2D eigenvalue weighted by Crippen LogP contribution is 2.39. The maximum atomic E-state index is 11.7. The Bertz CT molecular complexity index is 408. The Balaban J connectivity index is 1.98. The highest BCUT2D eigenvalue weighted by molar-refractivity contribution is 7.07. The summed E-state index contributed by atoms with van der Waals surface area (Å²) in [5.41, 5.74) is 0.745. The topological polar surface area (TPSA) is 40.5 Å². The van der Waals surface area contributed by atoms with Gasteiger partial charge in [-0.1, -0.05) is 6.92 Å². The Morgan fingerprint density at radius 2 is 2.21 bits per heavy atom. The molecule has 0 saturated heterocycles. The molecule has 1 N–H and O–H groups in total. The molecule has 2 rings (SSSR count). The molecule has 19 heavy (non-hydrogen) atoms. The third-order valence-electron chi connectivity index (χ3n) is 4.29. The first-order valence-corrected chi connectivity index (χ1v) is 7.89. The van der Waals surface area contributed by atoms with Crippen molar-refractivity contribution in [1.82, 2.24) is 4.90 Å². The Hall–Kier alpha value is -0.870. The molecule has 0 aliphatic heterocycles. The standard InChI is InChI=1S/C15H23NO2S/c1-12-3-6-15(7-4-12,14(17)18)11-16(2)9-13-5-8-19-10-13/h5,8,10,12H,3-4,6-7,9,11H2,1-2H3,(H,17,18). The van der Waals surface area contributed by atoms with Crippen LogP contribution < -0.4 is 0 Å². The molecule has 1 aromatic rings. The number of carboxylic acids is 1. The summed E-state index contributed by atoms with van der Waals surface area (Å²) in [4.78, 5) is 13.9. The van der Waals surface area contributed by atoms with Crippen molar-refractivity contribution in [3.05, 3.63) is 22.4 Å². The molecule has 4 heteroatoms. The van der Waals surface area contributed by atoms with Gasteiger partial charge in [-0.25, -0.2) is 0 Å². The molecule has 3 nitrogen and oxygen atoms in total. The van der Waals surface area contributed by atoms with Gasteiger partial charge in [-0.15, -0.1) is 0 Å². The molecule has 1 aliphatic carbocycles. The average molecular weight is 281 g/mol. The van der Waals surface area contributed by atoms with Crippen molar-refractivity contribution >= 4 is 17.3 Å². The van der Waals surface area contributed by atoms with Crippen LogP contribution in [0.15, 0.2) is 16.8 Å². The van der Waals surface area contributed by atoms with Gasteiger partial charge in [-0.2, -0.15) is 11.3 Å². The SMILES string of the molecule is CC1CCC(CN(C)Cc2ccsc2)(C(=O)O)CC1. The van der Waals surface area contributed by atoms with Gasteiger partial charge in [0, 0.05) is 13.1 Å². The van der Waals surface area contributed by atoms with Crippen molar-refractivity contribution in [2.24, 2.45) is 11.3 Å². The summed E-state index contributed by atoms with van der Waals surface area (Å²) in [6.07, 6.45) is 3.71. The van der Waals surface area contributed by atoms with Crippen LogP contribution in [0.4, 0.5) is 0 Å². The Kier molecular flexibility index (Phi) is 4.63. The van der Waals surface area contributed by atoms with Crippen molar-refractivity contribution in [3.8, 4) is 0 Å². The van der Waals surface area contributed by atoms with Gasteiger partial charge in [-0.05, 0) is 61.0 Å². The first-order chi connectivity index (χ1) is 9.02. The molecule has 0 spiro atoms. The largest absolute Gasteiger partial charge is 0.481 e. The van der Waals surface area contributed by atoms with Crippen LogP contribution in [0, 0.1) is 11.3 Å². The predicted molar refractivity (Wildman–Crippen MR) is 78.4 cm³/mol. The van der Waals surface area contributed by atoms with E-state index < -0.39 is 11.4 Å². The van der Waals surface area contributed by atoms with E-state index in [2.05, 4.69) is 28.7 Å². The van der Waals surface area contributed by atoms with Gasteiger partial charge in [0.05, 0.1) is 5.41 Å². The fraction of sp³-hybridized carbons (Fsp3) is 0.667. The quantitative estimate of drug-likeness (QED) is 0.898. The Labute approximate surface area is 119 Å². The van der Waals surface area contributed by atoms with Gasteiger partial charge in [0.2, 0.25) is 0 Å². The second kappa shape index (κ2) is 6.06. The molecular weight excluding hydrogens is 258 g/mol. The molecule has 1 aromatic heterocycles. The van der Waals surface area contributed by atoms with Crippen molar-refractivity contribution in [1.29, 1.82) is 0 Å². The fourth-order valence-electron chi connectivity index (χ4n) is 3.02. The van der Waals surface area contributed by atoms with E-state index >= 15 is 0 Å². The van der Waals surface area contributed by atoms with Gasteiger partial charge < -0.3 is 10.0 Å². The summed E-state index contributed by atoms with van der Waals surface area (Å²) in [6.45, 7) is 3.72. The number of nitrogens with zero attached hydrogens (tertiary/aromatic N) is 1. The number of rotatable bonds is 5. The molecule has 106 valence electrons. The highest BCUT2D eigenvalue weighted by Gasteiger charge is 2.41. The van der Waals surface area contributed by atoms with E-state index in [1.54, 1.807) is 11.3 Å². The normalized spacial score (nSPS) is 27.6. The number of carbonyl (C=O) groups is 1. The zero-order valence-electron chi connectivity index (χ0n) is 11.8. The van der Waals surface area contributed by atoms with Crippen LogP contribution in [0.2, 0.25) is 0 Å². The van der Waals surface area contributed by atoms with Crippen LogP contribution in [0.3, 0.4) is 0 Å². The molecule has 1 aliphatic rings. The number of hydrogen-bond donors (Lipinski definition) is 1. The molecule has 1 fully saturated rings. The number of hydrogen-bond acceptors (Lipinski definition) is 3. The first-order valence-electron chi connectivity index (χ1n) is 6.95. The first kappa shape index (κ1) is 14.5. The van der Waals surface area contributed by atoms with Crippen molar-refractivity contribution in [2.75, 3.05) is 13.6 Å². The van der Waals surface area contributed by atoms with E-state index in [0.717, 1.165) is 32.2 Å². The lowest BCUT2D eigenvalue weighted by atomic mass is 9.70. The van der Waals surface area contributed by atoms with E-state index in [9.17, 15) is 9.90 Å². The van der Waals surface area contributed by atoms with E-state index in [4.69, 9.17) is 0 Å². The molecular formula is C15H23NO2S. The van der Waals surface area contributed by atoms with Gasteiger partial charge in [0.15, 0.2) is 0 Å². The Morgan fingerprint density at radius 1 is 1.53 bits per heavy atom. The number of aliphatic carboxylic acids is 1. The van der Waals surface area contributed by atoms with E-state index in [0.29, 0.717) is 12.5 Å². The van der Waals surface area contributed by atoms with Crippen molar-refractivity contribution < 1.29 is 9.90 Å². The van der Waals surface area contributed by atoms with Gasteiger partial charge in [0.1, 0.15) is 0 Å². The van der Waals surface area contributed by atoms with E-state index in [1.165, 1.54) is 5.56 Å². The van der Waals surface area contributed by atoms with Crippen LogP contribution in [-0.4, -0.2) is 29.6 Å². The third-order valence-corrected chi connectivity index (χ3v) is 5.02. The molecule has 0 unspecified atom stereocenters. The molecule has 0 aromatic carbocycles. The van der Waals surface area contributed by atoms with E-state index in [1.807, 2.05) is 7.05 Å².